The van der Waals surface area contributed by atoms with E-state index in [2.05, 4.69) is 29.8 Å². The summed E-state index contributed by atoms with van der Waals surface area (Å²) in [5, 5.41) is 24.3. The van der Waals surface area contributed by atoms with Crippen molar-refractivity contribution in [3.05, 3.63) is 71.5 Å². The van der Waals surface area contributed by atoms with Crippen LogP contribution in [0.1, 0.15) is 29.8 Å². The van der Waals surface area contributed by atoms with Crippen LogP contribution in [0, 0.1) is 0 Å². The van der Waals surface area contributed by atoms with E-state index in [1.165, 1.54) is 16.9 Å². The molecule has 16 nitrogen and oxygen atoms in total. The van der Waals surface area contributed by atoms with E-state index in [1.54, 1.807) is 12.1 Å². The van der Waals surface area contributed by atoms with E-state index in [1.807, 2.05) is 30.3 Å². The Bertz CT molecular complexity index is 1260. The third kappa shape index (κ3) is 11.4. The van der Waals surface area contributed by atoms with Crippen LogP contribution >= 0.6 is 16.9 Å². The highest BCUT2D eigenvalue weighted by Gasteiger charge is 2.34. The molecule has 2 aromatic carbocycles. The molecule has 0 aliphatic heterocycles. The zero-order valence-electron chi connectivity index (χ0n) is 20.8. The maximum absolute atomic E-state index is 12.2. The minimum Gasteiger partial charge on any atom is -0.440 e. The number of benzene rings is 2. The Labute approximate surface area is 229 Å². The molecule has 0 spiro atoms. The first-order valence-electron chi connectivity index (χ1n) is 11.6. The van der Waals surface area contributed by atoms with Gasteiger partial charge in [0.05, 0.1) is 6.42 Å². The second-order valence-corrected chi connectivity index (χ2v) is 9.48. The summed E-state index contributed by atoms with van der Waals surface area (Å²) in [4.78, 5) is 51.8. The average Bonchev–Trinajstić information content (AvgIpc) is 3.33. The summed E-state index contributed by atoms with van der Waals surface area (Å²) in [5.41, 5.74) is 1.63. The van der Waals surface area contributed by atoms with Crippen molar-refractivity contribution in [2.45, 2.75) is 38.4 Å². The maximum atomic E-state index is 12.2. The Morgan fingerprint density at radius 3 is 2.48 bits per heavy atom. The lowest BCUT2D eigenvalue weighted by atomic mass is 10.1. The van der Waals surface area contributed by atoms with E-state index < -0.39 is 41.3 Å². The van der Waals surface area contributed by atoms with Crippen LogP contribution in [0.5, 0.6) is 5.75 Å². The molecule has 0 aliphatic carbocycles. The molecule has 18 heteroatoms. The van der Waals surface area contributed by atoms with Crippen molar-refractivity contribution in [3.8, 4) is 5.75 Å². The number of carbonyl (C=O) groups excluding carboxylic acids is 2. The molecule has 0 saturated heterocycles. The molecule has 0 fully saturated rings. The first-order valence-corrected chi connectivity index (χ1v) is 14.1. The fourth-order valence-electron chi connectivity index (χ4n) is 3.23. The number of amides is 1. The minimum absolute atomic E-state index is 0.0383. The third-order valence-electron chi connectivity index (χ3n) is 4.93. The molecule has 40 heavy (non-hydrogen) atoms. The van der Waals surface area contributed by atoms with Crippen molar-refractivity contribution < 1.29 is 52.5 Å². The van der Waals surface area contributed by atoms with Gasteiger partial charge in [0.2, 0.25) is 6.73 Å². The summed E-state index contributed by atoms with van der Waals surface area (Å²) in [6.07, 6.45) is -0.888. The smallest absolute Gasteiger partial charge is 0.412 e. The summed E-state index contributed by atoms with van der Waals surface area (Å²) in [6, 6.07) is 15.7. The molecule has 3 aromatic rings. The van der Waals surface area contributed by atoms with E-state index in [0.717, 1.165) is 5.56 Å². The second kappa shape index (κ2) is 15.5. The van der Waals surface area contributed by atoms with Crippen LogP contribution in [0.15, 0.2) is 54.6 Å². The highest BCUT2D eigenvalue weighted by Crippen LogP contribution is 2.38. The van der Waals surface area contributed by atoms with Gasteiger partial charge < -0.3 is 34.6 Å². The van der Waals surface area contributed by atoms with Crippen molar-refractivity contribution in [2.75, 3.05) is 6.54 Å². The molecule has 2 atom stereocenters. The van der Waals surface area contributed by atoms with Gasteiger partial charge in [0.15, 0.2) is 5.82 Å². The van der Waals surface area contributed by atoms with Crippen molar-refractivity contribution in [3.63, 3.8) is 0 Å². The van der Waals surface area contributed by atoms with Gasteiger partial charge in [-0.3, -0.25) is 18.4 Å². The van der Waals surface area contributed by atoms with Gasteiger partial charge >= 0.3 is 28.9 Å². The number of rotatable bonds is 15. The number of hydrogen-bond acceptors (Lipinski definition) is 13. The number of tetrazole rings is 1. The molecule has 1 amide bonds. The fraction of sp³-hybridized carbons (Fsp3) is 0.318. The SMILES string of the molecule is O=C(Cc1ccc(OC(=O)NCCCC(O)(OP(O)O)O[PH](=O)O)cc1)OCn1nnc(Cc2ccccc2)n1. The monoisotopic (exact) mass is 599 g/mol. The van der Waals surface area contributed by atoms with Gasteiger partial charge in [-0.25, -0.2) is 4.79 Å². The number of nitrogens with zero attached hydrogens (tertiary/aromatic N) is 4. The number of carbonyl (C=O) groups is 2. The molecule has 1 aromatic heterocycles. The van der Waals surface area contributed by atoms with Crippen LogP contribution in [0.25, 0.3) is 0 Å². The number of ether oxygens (including phenoxy) is 2. The van der Waals surface area contributed by atoms with Crippen LogP contribution < -0.4 is 10.1 Å². The van der Waals surface area contributed by atoms with Crippen LogP contribution in [-0.4, -0.2) is 64.6 Å². The van der Waals surface area contributed by atoms with Crippen molar-refractivity contribution in [1.29, 1.82) is 0 Å². The number of hydrogen-bond donors (Lipinski definition) is 5. The molecule has 0 saturated carbocycles. The third-order valence-corrected chi connectivity index (χ3v) is 5.87. The molecule has 0 radical (unpaired) electrons. The second-order valence-electron chi connectivity index (χ2n) is 8.05. The zero-order chi connectivity index (χ0) is 29.0. The largest absolute Gasteiger partial charge is 0.440 e. The van der Waals surface area contributed by atoms with Gasteiger partial charge in [-0.2, -0.15) is 0 Å². The number of nitrogens with one attached hydrogen (secondary N) is 1. The Kier molecular flexibility index (Phi) is 12.1. The van der Waals surface area contributed by atoms with Crippen molar-refractivity contribution in [2.24, 2.45) is 0 Å². The molecule has 3 rings (SSSR count). The van der Waals surface area contributed by atoms with E-state index in [-0.39, 0.29) is 31.9 Å². The average molecular weight is 599 g/mol. The molecule has 0 bridgehead atoms. The van der Waals surface area contributed by atoms with E-state index >= 15 is 0 Å². The van der Waals surface area contributed by atoms with Crippen LogP contribution in [0.3, 0.4) is 0 Å². The summed E-state index contributed by atoms with van der Waals surface area (Å²) in [7, 11) is -6.73. The fourth-order valence-corrected chi connectivity index (χ4v) is 4.10. The van der Waals surface area contributed by atoms with E-state index in [4.69, 9.17) is 24.2 Å². The number of aliphatic hydroxyl groups is 1. The Balaban J connectivity index is 1.36. The molecular formula is C22H27N5O11P2. The van der Waals surface area contributed by atoms with Crippen LogP contribution in [-0.2, 0) is 42.7 Å². The standard InChI is InChI=1S/C22H27N5O11P2/c28-20(35-15-27-25-19(24-26-27)13-16-5-2-1-3-6-16)14-17-7-9-18(10-8-17)36-21(29)23-12-4-11-22(30,37-39(31)32)38-40(33)34/h1-3,5-10,30-32,40H,4,11-15H2,(H,23,29)(H,33,34). The summed E-state index contributed by atoms with van der Waals surface area (Å²) in [6.45, 7) is -0.272. The highest BCUT2D eigenvalue weighted by atomic mass is 31.2. The van der Waals surface area contributed by atoms with E-state index in [9.17, 15) is 19.3 Å². The number of aromatic nitrogens is 4. The quantitative estimate of drug-likeness (QED) is 0.0715. The Morgan fingerprint density at radius 2 is 1.80 bits per heavy atom. The molecule has 216 valence electrons. The normalized spacial score (nSPS) is 13.4. The highest BCUT2D eigenvalue weighted by molar-refractivity contribution is 7.39. The first kappa shape index (κ1) is 31.2. The van der Waals surface area contributed by atoms with Crippen molar-refractivity contribution in [1.82, 2.24) is 25.5 Å². The topological polar surface area (TPSA) is 225 Å². The molecule has 5 N–H and O–H groups in total. The first-order chi connectivity index (χ1) is 19.1. The maximum Gasteiger partial charge on any atom is 0.412 e. The Hall–Kier alpha value is -3.33. The molecule has 1 heterocycles. The lowest BCUT2D eigenvalue weighted by molar-refractivity contribution is -0.279. The zero-order valence-corrected chi connectivity index (χ0v) is 22.7. The van der Waals surface area contributed by atoms with Gasteiger partial charge in [-0.1, -0.05) is 42.5 Å². The van der Waals surface area contributed by atoms with Gasteiger partial charge in [-0.15, -0.1) is 15.0 Å². The predicted molar refractivity (Wildman–Crippen MR) is 136 cm³/mol. The predicted octanol–water partition coefficient (Wildman–Crippen LogP) is 1.15. The van der Waals surface area contributed by atoms with Crippen LogP contribution in [0.2, 0.25) is 0 Å². The van der Waals surface area contributed by atoms with Gasteiger partial charge in [0.1, 0.15) is 5.75 Å². The van der Waals surface area contributed by atoms with Gasteiger partial charge in [0, 0.05) is 19.4 Å². The van der Waals surface area contributed by atoms with E-state index in [0.29, 0.717) is 17.8 Å². The lowest BCUT2D eigenvalue weighted by Gasteiger charge is -2.26. The van der Waals surface area contributed by atoms with Gasteiger partial charge in [0.25, 0.3) is 5.97 Å². The molecular weight excluding hydrogens is 572 g/mol. The molecule has 0 aliphatic rings. The lowest BCUT2D eigenvalue weighted by Crippen LogP contribution is -2.34. The molecule has 2 unspecified atom stereocenters. The summed E-state index contributed by atoms with van der Waals surface area (Å²) in [5.74, 6) is -2.56. The Morgan fingerprint density at radius 1 is 1.07 bits per heavy atom. The van der Waals surface area contributed by atoms with Crippen LogP contribution in [0.4, 0.5) is 4.79 Å². The minimum atomic E-state index is -3.65. The summed E-state index contributed by atoms with van der Waals surface area (Å²) >= 11 is 0. The van der Waals surface area contributed by atoms with Gasteiger partial charge in [-0.05, 0) is 34.9 Å². The summed E-state index contributed by atoms with van der Waals surface area (Å²) < 4.78 is 29.7. The number of esters is 1. The van der Waals surface area contributed by atoms with Crippen molar-refractivity contribution >= 4 is 28.9 Å².